The van der Waals surface area contributed by atoms with E-state index in [9.17, 15) is 10.1 Å². The van der Waals surface area contributed by atoms with Crippen molar-refractivity contribution in [1.82, 2.24) is 0 Å². The van der Waals surface area contributed by atoms with Gasteiger partial charge in [-0.25, -0.2) is 0 Å². The summed E-state index contributed by atoms with van der Waals surface area (Å²) in [5, 5.41) is 13.6. The number of hydrogen-bond acceptors (Lipinski definition) is 3. The Bertz CT molecular complexity index is 1080. The molecule has 0 radical (unpaired) electrons. The number of nitrogens with one attached hydrogen (secondary N) is 1. The summed E-state index contributed by atoms with van der Waals surface area (Å²) in [7, 11) is 0. The van der Waals surface area contributed by atoms with Gasteiger partial charge in [-0.3, -0.25) is 4.79 Å². The first-order valence-electron chi connectivity index (χ1n) is 9.36. The number of hydrogen-bond donors (Lipinski definition) is 1. The molecular weight excluding hydrogens is 419 g/mol. The van der Waals surface area contributed by atoms with Crippen molar-refractivity contribution in [1.29, 1.82) is 5.26 Å². The SMILES string of the molecule is Cc1cc(C(C#N)c2ccc(Cl)cc2)c(Cl)cc1NC(=O)C(C)Oc1ccccc1. The highest BCUT2D eigenvalue weighted by Gasteiger charge is 2.20. The molecule has 2 atom stereocenters. The van der Waals surface area contributed by atoms with Crippen molar-refractivity contribution in [2.45, 2.75) is 25.9 Å². The monoisotopic (exact) mass is 438 g/mol. The van der Waals surface area contributed by atoms with Crippen molar-refractivity contribution in [2.75, 3.05) is 5.32 Å². The molecule has 0 fully saturated rings. The van der Waals surface area contributed by atoms with Crippen LogP contribution < -0.4 is 10.1 Å². The van der Waals surface area contributed by atoms with Gasteiger partial charge in [-0.2, -0.15) is 5.26 Å². The van der Waals surface area contributed by atoms with Crippen LogP contribution in [-0.4, -0.2) is 12.0 Å². The van der Waals surface area contributed by atoms with E-state index in [1.165, 1.54) is 0 Å². The van der Waals surface area contributed by atoms with Gasteiger partial charge in [-0.15, -0.1) is 0 Å². The van der Waals surface area contributed by atoms with Crippen LogP contribution in [0.2, 0.25) is 10.0 Å². The van der Waals surface area contributed by atoms with Crippen molar-refractivity contribution in [2.24, 2.45) is 0 Å². The van der Waals surface area contributed by atoms with Gasteiger partial charge in [-0.05, 0) is 60.9 Å². The Kier molecular flexibility index (Phi) is 6.99. The van der Waals surface area contributed by atoms with E-state index < -0.39 is 12.0 Å². The van der Waals surface area contributed by atoms with Crippen molar-refractivity contribution in [3.05, 3.63) is 93.5 Å². The van der Waals surface area contributed by atoms with Crippen molar-refractivity contribution >= 4 is 34.8 Å². The lowest BCUT2D eigenvalue weighted by Crippen LogP contribution is -2.30. The number of nitriles is 1. The molecule has 0 spiro atoms. The van der Waals surface area contributed by atoms with Gasteiger partial charge in [0.1, 0.15) is 5.75 Å². The average Bonchev–Trinajstić information content (AvgIpc) is 2.74. The number of carbonyl (C=O) groups is 1. The minimum atomic E-state index is -0.689. The first kappa shape index (κ1) is 21.7. The van der Waals surface area contributed by atoms with Crippen LogP contribution in [0.3, 0.4) is 0 Å². The van der Waals surface area contributed by atoms with Crippen LogP contribution in [0.15, 0.2) is 66.7 Å². The summed E-state index contributed by atoms with van der Waals surface area (Å²) in [6.45, 7) is 3.54. The molecule has 1 N–H and O–H groups in total. The third kappa shape index (κ3) is 5.13. The number of benzene rings is 3. The van der Waals surface area contributed by atoms with Crippen LogP contribution in [0, 0.1) is 18.3 Å². The number of para-hydroxylation sites is 1. The number of carbonyl (C=O) groups excluding carboxylic acids is 1. The van der Waals surface area contributed by atoms with Gasteiger partial charge in [0.15, 0.2) is 6.10 Å². The Balaban J connectivity index is 1.79. The van der Waals surface area contributed by atoms with E-state index in [1.807, 2.05) is 31.2 Å². The van der Waals surface area contributed by atoms with Crippen LogP contribution >= 0.6 is 23.2 Å². The first-order chi connectivity index (χ1) is 14.4. The van der Waals surface area contributed by atoms with Crippen LogP contribution in [-0.2, 0) is 4.79 Å². The highest BCUT2D eigenvalue weighted by atomic mass is 35.5. The standard InChI is InChI=1S/C24H20Cl2N2O2/c1-15-12-20(21(14-27)17-8-10-18(25)11-9-17)22(26)13-23(15)28-24(29)16(2)30-19-6-4-3-5-7-19/h3-13,16,21H,1-2H3,(H,28,29). The molecule has 3 aromatic rings. The Morgan fingerprint density at radius 1 is 1.07 bits per heavy atom. The van der Waals surface area contributed by atoms with E-state index >= 15 is 0 Å². The maximum atomic E-state index is 12.6. The summed E-state index contributed by atoms with van der Waals surface area (Å²) in [5.74, 6) is -0.219. The van der Waals surface area contributed by atoms with Crippen molar-refractivity contribution < 1.29 is 9.53 Å². The van der Waals surface area contributed by atoms with E-state index in [0.717, 1.165) is 11.1 Å². The minimum absolute atomic E-state index is 0.291. The molecule has 6 heteroatoms. The molecule has 30 heavy (non-hydrogen) atoms. The fraction of sp³-hybridized carbons (Fsp3) is 0.167. The lowest BCUT2D eigenvalue weighted by molar-refractivity contribution is -0.122. The fourth-order valence-electron chi connectivity index (χ4n) is 3.03. The minimum Gasteiger partial charge on any atom is -0.481 e. The summed E-state index contributed by atoms with van der Waals surface area (Å²) < 4.78 is 5.67. The molecule has 0 saturated heterocycles. The van der Waals surface area contributed by atoms with Crippen LogP contribution in [0.4, 0.5) is 5.69 Å². The summed E-state index contributed by atoms with van der Waals surface area (Å²) in [6, 6.07) is 22.0. The van der Waals surface area contributed by atoms with Gasteiger partial charge in [0, 0.05) is 15.7 Å². The molecule has 3 aromatic carbocycles. The Morgan fingerprint density at radius 3 is 2.37 bits per heavy atom. The van der Waals surface area contributed by atoms with Gasteiger partial charge in [0.25, 0.3) is 5.91 Å². The van der Waals surface area contributed by atoms with Gasteiger partial charge < -0.3 is 10.1 Å². The molecule has 3 rings (SSSR count). The largest absolute Gasteiger partial charge is 0.481 e. The molecule has 1 amide bonds. The molecule has 0 heterocycles. The summed E-state index contributed by atoms with van der Waals surface area (Å²) in [4.78, 5) is 12.6. The zero-order chi connectivity index (χ0) is 21.7. The predicted molar refractivity (Wildman–Crippen MR) is 120 cm³/mol. The Labute approximate surface area is 186 Å². The smallest absolute Gasteiger partial charge is 0.265 e. The molecule has 4 nitrogen and oxygen atoms in total. The number of rotatable bonds is 6. The zero-order valence-corrected chi connectivity index (χ0v) is 18.0. The maximum absolute atomic E-state index is 12.6. The highest BCUT2D eigenvalue weighted by Crippen LogP contribution is 2.34. The zero-order valence-electron chi connectivity index (χ0n) is 16.5. The van der Waals surface area contributed by atoms with E-state index in [-0.39, 0.29) is 5.91 Å². The molecule has 152 valence electrons. The van der Waals surface area contributed by atoms with Gasteiger partial charge in [0.2, 0.25) is 0 Å². The third-order valence-corrected chi connectivity index (χ3v) is 5.25. The van der Waals surface area contributed by atoms with E-state index in [1.54, 1.807) is 49.4 Å². The number of halogens is 2. The molecule has 0 aliphatic carbocycles. The predicted octanol–water partition coefficient (Wildman–Crippen LogP) is 6.36. The Morgan fingerprint density at radius 2 is 1.73 bits per heavy atom. The van der Waals surface area contributed by atoms with Crippen LogP contribution in [0.1, 0.15) is 29.5 Å². The maximum Gasteiger partial charge on any atom is 0.265 e. The lowest BCUT2D eigenvalue weighted by Gasteiger charge is -2.18. The second-order valence-electron chi connectivity index (χ2n) is 6.86. The lowest BCUT2D eigenvalue weighted by atomic mass is 9.91. The third-order valence-electron chi connectivity index (χ3n) is 4.67. The highest BCUT2D eigenvalue weighted by molar-refractivity contribution is 6.32. The normalized spacial score (nSPS) is 12.5. The molecular formula is C24H20Cl2N2O2. The Hall–Kier alpha value is -3.00. The van der Waals surface area contributed by atoms with Crippen LogP contribution in [0.5, 0.6) is 5.75 Å². The number of anilines is 1. The van der Waals surface area contributed by atoms with E-state index in [2.05, 4.69) is 11.4 Å². The quantitative estimate of drug-likeness (QED) is 0.486. The van der Waals surface area contributed by atoms with Crippen molar-refractivity contribution in [3.8, 4) is 11.8 Å². The summed E-state index contributed by atoms with van der Waals surface area (Å²) >= 11 is 12.4. The first-order valence-corrected chi connectivity index (χ1v) is 10.1. The number of amides is 1. The van der Waals surface area contributed by atoms with Gasteiger partial charge in [0.05, 0.1) is 12.0 Å². The molecule has 0 bridgehead atoms. The van der Waals surface area contributed by atoms with Gasteiger partial charge >= 0.3 is 0 Å². The summed E-state index contributed by atoms with van der Waals surface area (Å²) in [5.41, 5.74) is 2.84. The molecule has 0 aromatic heterocycles. The van der Waals surface area contributed by atoms with Crippen molar-refractivity contribution in [3.63, 3.8) is 0 Å². The molecule has 2 unspecified atom stereocenters. The molecule has 0 saturated carbocycles. The number of ether oxygens (including phenoxy) is 1. The number of nitrogens with zero attached hydrogens (tertiary/aromatic N) is 1. The van der Waals surface area contributed by atoms with Crippen LogP contribution in [0.25, 0.3) is 0 Å². The number of aryl methyl sites for hydroxylation is 1. The second-order valence-corrected chi connectivity index (χ2v) is 7.71. The average molecular weight is 439 g/mol. The molecule has 0 aliphatic rings. The van der Waals surface area contributed by atoms with E-state index in [4.69, 9.17) is 27.9 Å². The fourth-order valence-corrected chi connectivity index (χ4v) is 3.43. The topological polar surface area (TPSA) is 62.1 Å². The summed E-state index contributed by atoms with van der Waals surface area (Å²) in [6.07, 6.45) is -0.689. The second kappa shape index (κ2) is 9.67. The van der Waals surface area contributed by atoms with E-state index in [0.29, 0.717) is 27.0 Å². The molecule has 0 aliphatic heterocycles. The van der Waals surface area contributed by atoms with Gasteiger partial charge in [-0.1, -0.05) is 59.6 Å².